The van der Waals surface area contributed by atoms with Crippen LogP contribution in [0.1, 0.15) is 5.56 Å². The predicted octanol–water partition coefficient (Wildman–Crippen LogP) is 3.14. The minimum absolute atomic E-state index is 0.814. The fraction of sp³-hybridized carbons (Fsp3) is 0.200. The molecule has 2 rings (SSSR count). The zero-order valence-electron chi connectivity index (χ0n) is 10.6. The van der Waals surface area contributed by atoms with Gasteiger partial charge in [0.2, 0.25) is 0 Å². The molecular formula is C15H17ClNS+. The van der Waals surface area contributed by atoms with Crippen LogP contribution in [0.15, 0.2) is 58.3 Å². The Bertz CT molecular complexity index is 525. The molecule has 94 valence electrons. The molecule has 0 heterocycles. The van der Waals surface area contributed by atoms with Crippen molar-refractivity contribution in [2.45, 2.75) is 16.3 Å². The smallest absolute Gasteiger partial charge is 0.103 e. The Labute approximate surface area is 118 Å². The summed E-state index contributed by atoms with van der Waals surface area (Å²) in [6.07, 6.45) is 0. The summed E-state index contributed by atoms with van der Waals surface area (Å²) in [4.78, 5) is 3.81. The van der Waals surface area contributed by atoms with Gasteiger partial charge in [-0.15, -0.1) is 0 Å². The minimum Gasteiger partial charge on any atom is -0.336 e. The lowest BCUT2D eigenvalue weighted by molar-refractivity contribution is -0.872. The van der Waals surface area contributed by atoms with Crippen LogP contribution in [0.2, 0.25) is 5.02 Å². The van der Waals surface area contributed by atoms with Gasteiger partial charge in [-0.3, -0.25) is 0 Å². The Morgan fingerprint density at radius 2 is 1.56 bits per heavy atom. The number of rotatable bonds is 4. The van der Waals surface area contributed by atoms with Crippen LogP contribution in [-0.2, 0) is 6.54 Å². The van der Waals surface area contributed by atoms with Crippen LogP contribution in [0, 0.1) is 0 Å². The quantitative estimate of drug-likeness (QED) is 0.900. The van der Waals surface area contributed by atoms with E-state index in [2.05, 4.69) is 44.4 Å². The Kier molecular flexibility index (Phi) is 4.70. The van der Waals surface area contributed by atoms with E-state index in [1.165, 1.54) is 15.4 Å². The maximum absolute atomic E-state index is 6.21. The number of quaternary nitrogens is 1. The fourth-order valence-electron chi connectivity index (χ4n) is 1.78. The molecule has 0 saturated heterocycles. The zero-order valence-corrected chi connectivity index (χ0v) is 12.2. The Hall–Kier alpha value is -0.960. The van der Waals surface area contributed by atoms with Gasteiger partial charge >= 0.3 is 0 Å². The summed E-state index contributed by atoms with van der Waals surface area (Å²) in [5.41, 5.74) is 1.36. The Morgan fingerprint density at radius 3 is 2.22 bits per heavy atom. The average molecular weight is 279 g/mol. The van der Waals surface area contributed by atoms with E-state index in [4.69, 9.17) is 11.6 Å². The fourth-order valence-corrected chi connectivity index (χ4v) is 2.99. The van der Waals surface area contributed by atoms with Gasteiger partial charge in [0, 0.05) is 15.4 Å². The van der Waals surface area contributed by atoms with Crippen molar-refractivity contribution >= 4 is 23.4 Å². The first-order chi connectivity index (χ1) is 8.66. The van der Waals surface area contributed by atoms with Crippen LogP contribution in [0.3, 0.4) is 0 Å². The summed E-state index contributed by atoms with van der Waals surface area (Å²) in [5, 5.41) is 0.814. The van der Waals surface area contributed by atoms with Crippen molar-refractivity contribution in [2.24, 2.45) is 0 Å². The number of halogens is 1. The van der Waals surface area contributed by atoms with Crippen molar-refractivity contribution in [1.82, 2.24) is 0 Å². The van der Waals surface area contributed by atoms with Crippen molar-refractivity contribution in [3.05, 3.63) is 59.1 Å². The van der Waals surface area contributed by atoms with E-state index >= 15 is 0 Å². The summed E-state index contributed by atoms with van der Waals surface area (Å²) in [6.45, 7) is 1.02. The summed E-state index contributed by atoms with van der Waals surface area (Å²) in [5.74, 6) is 0. The predicted molar refractivity (Wildman–Crippen MR) is 78.5 cm³/mol. The molecule has 1 N–H and O–H groups in total. The van der Waals surface area contributed by atoms with E-state index in [0.717, 1.165) is 16.5 Å². The standard InChI is InChI=1S/C15H16ClNS/c1-17(2)11-12-7-3-5-9-14(12)18-15-10-6-4-8-13(15)16/h3-10H,11H2,1-2H3/p+1. The SMILES string of the molecule is C[NH+](C)Cc1ccccc1Sc1ccccc1Cl. The maximum atomic E-state index is 6.21. The van der Waals surface area contributed by atoms with E-state index in [0.29, 0.717) is 0 Å². The molecule has 0 aliphatic rings. The monoisotopic (exact) mass is 278 g/mol. The molecule has 0 amide bonds. The molecule has 0 fully saturated rings. The number of benzene rings is 2. The van der Waals surface area contributed by atoms with E-state index in [1.807, 2.05) is 18.2 Å². The van der Waals surface area contributed by atoms with Gasteiger partial charge in [-0.25, -0.2) is 0 Å². The topological polar surface area (TPSA) is 4.44 Å². The third kappa shape index (κ3) is 3.52. The van der Waals surface area contributed by atoms with Gasteiger partial charge in [0.05, 0.1) is 19.1 Å². The first kappa shape index (κ1) is 13.5. The molecule has 0 aliphatic heterocycles. The van der Waals surface area contributed by atoms with Crippen LogP contribution in [0.4, 0.5) is 0 Å². The highest BCUT2D eigenvalue weighted by Gasteiger charge is 2.08. The molecule has 2 aromatic carbocycles. The third-order valence-corrected chi connectivity index (χ3v) is 4.21. The Balaban J connectivity index is 2.26. The van der Waals surface area contributed by atoms with Gasteiger partial charge in [-0.2, -0.15) is 0 Å². The molecule has 1 nitrogen and oxygen atoms in total. The molecule has 0 aliphatic carbocycles. The van der Waals surface area contributed by atoms with Crippen LogP contribution in [0.5, 0.6) is 0 Å². The normalized spacial score (nSPS) is 10.9. The molecule has 0 aromatic heterocycles. The van der Waals surface area contributed by atoms with Crippen molar-refractivity contribution in [2.75, 3.05) is 14.1 Å². The summed E-state index contributed by atoms with van der Waals surface area (Å²) < 4.78 is 0. The van der Waals surface area contributed by atoms with Gasteiger partial charge in [0.1, 0.15) is 6.54 Å². The number of hydrogen-bond acceptors (Lipinski definition) is 1. The van der Waals surface area contributed by atoms with Crippen LogP contribution >= 0.6 is 23.4 Å². The van der Waals surface area contributed by atoms with E-state index in [-0.39, 0.29) is 0 Å². The van der Waals surface area contributed by atoms with Crippen LogP contribution < -0.4 is 4.90 Å². The van der Waals surface area contributed by atoms with E-state index in [9.17, 15) is 0 Å². The lowest BCUT2D eigenvalue weighted by Crippen LogP contribution is -3.04. The molecule has 0 radical (unpaired) electrons. The molecule has 0 atom stereocenters. The van der Waals surface area contributed by atoms with Crippen LogP contribution in [0.25, 0.3) is 0 Å². The highest BCUT2D eigenvalue weighted by Crippen LogP contribution is 2.34. The lowest BCUT2D eigenvalue weighted by Gasteiger charge is -2.12. The molecule has 0 spiro atoms. The Morgan fingerprint density at radius 1 is 0.944 bits per heavy atom. The molecule has 0 unspecified atom stereocenters. The van der Waals surface area contributed by atoms with Gasteiger partial charge in [-0.1, -0.05) is 53.7 Å². The first-order valence-corrected chi connectivity index (χ1v) is 7.15. The molecule has 18 heavy (non-hydrogen) atoms. The van der Waals surface area contributed by atoms with E-state index in [1.54, 1.807) is 11.8 Å². The molecule has 3 heteroatoms. The highest BCUT2D eigenvalue weighted by molar-refractivity contribution is 7.99. The van der Waals surface area contributed by atoms with Gasteiger partial charge < -0.3 is 4.90 Å². The first-order valence-electron chi connectivity index (χ1n) is 5.96. The summed E-state index contributed by atoms with van der Waals surface area (Å²) in [7, 11) is 4.33. The average Bonchev–Trinajstić information content (AvgIpc) is 2.34. The molecular weight excluding hydrogens is 262 g/mol. The van der Waals surface area contributed by atoms with E-state index < -0.39 is 0 Å². The molecule has 0 saturated carbocycles. The second kappa shape index (κ2) is 6.28. The molecule has 2 aromatic rings. The highest BCUT2D eigenvalue weighted by atomic mass is 35.5. The zero-order chi connectivity index (χ0) is 13.0. The maximum Gasteiger partial charge on any atom is 0.103 e. The summed E-state index contributed by atoms with van der Waals surface area (Å²) in [6, 6.07) is 16.5. The number of nitrogens with one attached hydrogen (secondary N) is 1. The minimum atomic E-state index is 0.814. The summed E-state index contributed by atoms with van der Waals surface area (Å²) >= 11 is 7.94. The second-order valence-electron chi connectivity index (χ2n) is 4.52. The largest absolute Gasteiger partial charge is 0.336 e. The van der Waals surface area contributed by atoms with Crippen molar-refractivity contribution in [3.63, 3.8) is 0 Å². The van der Waals surface area contributed by atoms with Crippen molar-refractivity contribution in [1.29, 1.82) is 0 Å². The lowest BCUT2D eigenvalue weighted by atomic mass is 10.2. The number of hydrogen-bond donors (Lipinski definition) is 1. The third-order valence-electron chi connectivity index (χ3n) is 2.57. The second-order valence-corrected chi connectivity index (χ2v) is 6.02. The van der Waals surface area contributed by atoms with Crippen molar-refractivity contribution in [3.8, 4) is 0 Å². The van der Waals surface area contributed by atoms with Gasteiger partial charge in [-0.05, 0) is 18.2 Å². The van der Waals surface area contributed by atoms with Crippen molar-refractivity contribution < 1.29 is 4.90 Å². The van der Waals surface area contributed by atoms with Crippen LogP contribution in [-0.4, -0.2) is 14.1 Å². The van der Waals surface area contributed by atoms with Gasteiger partial charge in [0.15, 0.2) is 0 Å². The van der Waals surface area contributed by atoms with Gasteiger partial charge in [0.25, 0.3) is 0 Å². The molecule has 0 bridgehead atoms.